The molecule has 1 aromatic carbocycles. The lowest BCUT2D eigenvalue weighted by molar-refractivity contribution is -0.120. The van der Waals surface area contributed by atoms with Gasteiger partial charge in [0.1, 0.15) is 0 Å². The minimum atomic E-state index is -0.0316. The molecule has 1 aromatic rings. The SMILES string of the molecule is CC[C@H](Sc1ccc(Cl)cc1)C(=O)NCCSC1CCCCC1. The standard InChI is InChI=1S/C18H26ClNOS2/c1-2-17(23-16-10-8-14(19)9-11-16)18(21)20-12-13-22-15-6-4-3-5-7-15/h8-11,15,17H,2-7,12-13H2,1H3,(H,20,21)/t17-/m0/s1. The van der Waals surface area contributed by atoms with Crippen molar-refractivity contribution in [2.24, 2.45) is 0 Å². The summed E-state index contributed by atoms with van der Waals surface area (Å²) in [5.74, 6) is 1.18. The van der Waals surface area contributed by atoms with Gasteiger partial charge in [-0.1, -0.05) is 37.8 Å². The van der Waals surface area contributed by atoms with Crippen LogP contribution in [0, 0.1) is 0 Å². The van der Waals surface area contributed by atoms with Gasteiger partial charge in [0.25, 0.3) is 0 Å². The smallest absolute Gasteiger partial charge is 0.233 e. The predicted molar refractivity (Wildman–Crippen MR) is 104 cm³/mol. The molecule has 0 bridgehead atoms. The largest absolute Gasteiger partial charge is 0.354 e. The van der Waals surface area contributed by atoms with Gasteiger partial charge in [0.2, 0.25) is 5.91 Å². The average Bonchev–Trinajstić information content (AvgIpc) is 2.59. The van der Waals surface area contributed by atoms with Crippen molar-refractivity contribution in [2.45, 2.75) is 60.8 Å². The molecular weight excluding hydrogens is 346 g/mol. The Morgan fingerprint density at radius 3 is 2.61 bits per heavy atom. The van der Waals surface area contributed by atoms with Crippen LogP contribution in [0.25, 0.3) is 0 Å². The Bertz CT molecular complexity index is 474. The van der Waals surface area contributed by atoms with Crippen molar-refractivity contribution >= 4 is 41.0 Å². The molecule has 5 heteroatoms. The van der Waals surface area contributed by atoms with E-state index in [0.29, 0.717) is 0 Å². The Balaban J connectivity index is 1.68. The number of carbonyl (C=O) groups is 1. The first-order valence-electron chi connectivity index (χ1n) is 8.50. The van der Waals surface area contributed by atoms with Gasteiger partial charge >= 0.3 is 0 Å². The first-order chi connectivity index (χ1) is 11.2. The summed E-state index contributed by atoms with van der Waals surface area (Å²) in [4.78, 5) is 13.4. The molecular formula is C18H26ClNOS2. The third-order valence-electron chi connectivity index (χ3n) is 4.06. The molecule has 128 valence electrons. The van der Waals surface area contributed by atoms with Crippen LogP contribution >= 0.6 is 35.1 Å². The molecule has 2 rings (SSSR count). The highest BCUT2D eigenvalue weighted by Crippen LogP contribution is 2.28. The lowest BCUT2D eigenvalue weighted by Crippen LogP contribution is -2.34. The summed E-state index contributed by atoms with van der Waals surface area (Å²) in [6.07, 6.45) is 7.67. The summed E-state index contributed by atoms with van der Waals surface area (Å²) in [6, 6.07) is 7.69. The summed E-state index contributed by atoms with van der Waals surface area (Å²) in [5.41, 5.74) is 0. The van der Waals surface area contributed by atoms with Crippen LogP contribution in [0.2, 0.25) is 5.02 Å². The van der Waals surface area contributed by atoms with Gasteiger partial charge in [-0.3, -0.25) is 4.79 Å². The summed E-state index contributed by atoms with van der Waals surface area (Å²) in [7, 11) is 0. The summed E-state index contributed by atoms with van der Waals surface area (Å²) < 4.78 is 0. The lowest BCUT2D eigenvalue weighted by atomic mass is 10.0. The number of amides is 1. The number of rotatable bonds is 8. The molecule has 1 aliphatic rings. The van der Waals surface area contributed by atoms with Crippen LogP contribution in [-0.4, -0.2) is 28.7 Å². The van der Waals surface area contributed by atoms with Crippen molar-refractivity contribution in [2.75, 3.05) is 12.3 Å². The number of benzene rings is 1. The van der Waals surface area contributed by atoms with Crippen molar-refractivity contribution in [1.82, 2.24) is 5.32 Å². The molecule has 0 unspecified atom stereocenters. The molecule has 0 heterocycles. The van der Waals surface area contributed by atoms with E-state index in [0.717, 1.165) is 33.9 Å². The van der Waals surface area contributed by atoms with Gasteiger partial charge in [0, 0.05) is 27.5 Å². The van der Waals surface area contributed by atoms with E-state index in [4.69, 9.17) is 11.6 Å². The van der Waals surface area contributed by atoms with Gasteiger partial charge in [0.05, 0.1) is 5.25 Å². The van der Waals surface area contributed by atoms with Crippen molar-refractivity contribution in [3.05, 3.63) is 29.3 Å². The van der Waals surface area contributed by atoms with Crippen molar-refractivity contribution in [1.29, 1.82) is 0 Å². The number of halogens is 1. The Hall–Kier alpha value is -0.320. The molecule has 23 heavy (non-hydrogen) atoms. The van der Waals surface area contributed by atoms with Gasteiger partial charge < -0.3 is 5.32 Å². The van der Waals surface area contributed by atoms with E-state index in [-0.39, 0.29) is 11.2 Å². The molecule has 2 nitrogen and oxygen atoms in total. The second kappa shape index (κ2) is 10.5. The van der Waals surface area contributed by atoms with Crippen LogP contribution in [0.4, 0.5) is 0 Å². The Morgan fingerprint density at radius 1 is 1.26 bits per heavy atom. The Kier molecular flexibility index (Phi) is 8.70. The van der Waals surface area contributed by atoms with Crippen LogP contribution in [-0.2, 0) is 4.79 Å². The molecule has 1 aliphatic carbocycles. The van der Waals surface area contributed by atoms with Crippen LogP contribution in [0.5, 0.6) is 0 Å². The second-order valence-electron chi connectivity index (χ2n) is 5.89. The fourth-order valence-electron chi connectivity index (χ4n) is 2.75. The number of carbonyl (C=O) groups excluding carboxylic acids is 1. The van der Waals surface area contributed by atoms with Crippen LogP contribution < -0.4 is 5.32 Å². The molecule has 1 N–H and O–H groups in total. The molecule has 0 spiro atoms. The van der Waals surface area contributed by atoms with E-state index in [1.54, 1.807) is 11.8 Å². The zero-order valence-electron chi connectivity index (χ0n) is 13.7. The molecule has 1 saturated carbocycles. The Morgan fingerprint density at radius 2 is 1.96 bits per heavy atom. The first kappa shape index (κ1) is 19.0. The van der Waals surface area contributed by atoms with E-state index < -0.39 is 0 Å². The van der Waals surface area contributed by atoms with E-state index in [2.05, 4.69) is 12.2 Å². The third kappa shape index (κ3) is 6.98. The maximum absolute atomic E-state index is 12.3. The topological polar surface area (TPSA) is 29.1 Å². The molecule has 0 aliphatic heterocycles. The normalized spacial score (nSPS) is 17.0. The van der Waals surface area contributed by atoms with Crippen molar-refractivity contribution in [3.8, 4) is 0 Å². The molecule has 0 radical (unpaired) electrons. The van der Waals surface area contributed by atoms with Gasteiger partial charge in [-0.2, -0.15) is 11.8 Å². The average molecular weight is 372 g/mol. The van der Waals surface area contributed by atoms with E-state index in [1.165, 1.54) is 32.1 Å². The maximum atomic E-state index is 12.3. The van der Waals surface area contributed by atoms with Gasteiger partial charge in [-0.15, -0.1) is 11.8 Å². The summed E-state index contributed by atoms with van der Waals surface area (Å²) in [5, 5.41) is 4.61. The van der Waals surface area contributed by atoms with Crippen LogP contribution in [0.1, 0.15) is 45.4 Å². The van der Waals surface area contributed by atoms with Crippen LogP contribution in [0.3, 0.4) is 0 Å². The zero-order valence-corrected chi connectivity index (χ0v) is 16.1. The van der Waals surface area contributed by atoms with Crippen molar-refractivity contribution < 1.29 is 4.79 Å². The highest BCUT2D eigenvalue weighted by atomic mass is 35.5. The summed E-state index contributed by atoms with van der Waals surface area (Å²) in [6.45, 7) is 2.83. The minimum Gasteiger partial charge on any atom is -0.354 e. The Labute approximate surface area is 153 Å². The maximum Gasteiger partial charge on any atom is 0.233 e. The lowest BCUT2D eigenvalue weighted by Gasteiger charge is -2.21. The highest BCUT2D eigenvalue weighted by Gasteiger charge is 2.18. The number of thioether (sulfide) groups is 2. The van der Waals surface area contributed by atoms with E-state index >= 15 is 0 Å². The number of hydrogen-bond donors (Lipinski definition) is 1. The van der Waals surface area contributed by atoms with Gasteiger partial charge in [-0.25, -0.2) is 0 Å². The fraction of sp³-hybridized carbons (Fsp3) is 0.611. The highest BCUT2D eigenvalue weighted by molar-refractivity contribution is 8.00. The molecule has 1 amide bonds. The fourth-order valence-corrected chi connectivity index (χ4v) is 5.07. The molecule has 0 saturated heterocycles. The van der Waals surface area contributed by atoms with Gasteiger partial charge in [0.15, 0.2) is 0 Å². The monoisotopic (exact) mass is 371 g/mol. The quantitative estimate of drug-likeness (QED) is 0.490. The molecule has 1 fully saturated rings. The predicted octanol–water partition coefficient (Wildman–Crippen LogP) is 5.39. The number of nitrogens with one attached hydrogen (secondary N) is 1. The van der Waals surface area contributed by atoms with E-state index in [9.17, 15) is 4.79 Å². The minimum absolute atomic E-state index is 0.0316. The first-order valence-corrected chi connectivity index (χ1v) is 10.8. The van der Waals surface area contributed by atoms with Crippen LogP contribution in [0.15, 0.2) is 29.2 Å². The zero-order chi connectivity index (χ0) is 16.5. The molecule has 1 atom stereocenters. The second-order valence-corrected chi connectivity index (χ2v) is 9.01. The summed E-state index contributed by atoms with van der Waals surface area (Å²) >= 11 is 9.54. The van der Waals surface area contributed by atoms with E-state index in [1.807, 2.05) is 36.0 Å². The number of hydrogen-bond acceptors (Lipinski definition) is 3. The van der Waals surface area contributed by atoms with Crippen molar-refractivity contribution in [3.63, 3.8) is 0 Å². The molecule has 0 aromatic heterocycles. The third-order valence-corrected chi connectivity index (χ3v) is 7.07. The van der Waals surface area contributed by atoms with Gasteiger partial charge in [-0.05, 0) is 43.5 Å².